The normalized spacial score (nSPS) is 11.0. The van der Waals surface area contributed by atoms with Crippen LogP contribution in [0.2, 0.25) is 82.2 Å². The zero-order chi connectivity index (χ0) is 58.0. The van der Waals surface area contributed by atoms with Crippen molar-refractivity contribution in [3.05, 3.63) is 72.9 Å². The summed E-state index contributed by atoms with van der Waals surface area (Å²) in [5.41, 5.74) is 4.42. The van der Waals surface area contributed by atoms with Gasteiger partial charge < -0.3 is 44.2 Å². The smallest absolute Gasteiger partial charge is 0.870 e. The van der Waals surface area contributed by atoms with Crippen LogP contribution in [0, 0.1) is 0 Å². The summed E-state index contributed by atoms with van der Waals surface area (Å²) in [5, 5.41) is 9.43. The van der Waals surface area contributed by atoms with E-state index in [1.165, 1.54) is 50.3 Å². The number of hydrogen-bond acceptors (Lipinski definition) is 21. The first-order valence-electron chi connectivity index (χ1n) is 25.7. The Balaban J connectivity index is 0.000000529. The number of aromatic amines is 2. The third-order valence-corrected chi connectivity index (χ3v) is 16.3. The number of H-pyrrole nitrogens is 2. The first-order valence-corrected chi connectivity index (χ1v) is 37.7. The summed E-state index contributed by atoms with van der Waals surface area (Å²) < 4.78 is 30.1. The van der Waals surface area contributed by atoms with Crippen LogP contribution in [-0.4, -0.2) is 171 Å². The fraction of sp³-hybridized carbons (Fsp3) is 0.540. The van der Waals surface area contributed by atoms with Crippen LogP contribution in [0.5, 0.6) is 0 Å². The molecule has 0 saturated heterocycles. The van der Waals surface area contributed by atoms with Crippen LogP contribution in [0.1, 0.15) is 78.4 Å². The van der Waals surface area contributed by atoms with Gasteiger partial charge in [0.25, 0.3) is 0 Å². The average molecular weight is 1230 g/mol. The molecular weight excluding hydrogens is 1150 g/mol. The molecule has 0 bridgehead atoms. The maximum atomic E-state index is 12.1. The molecule has 0 amide bonds. The molecule has 0 aromatic carbocycles. The molecule has 0 spiro atoms. The molecule has 8 aromatic rings. The van der Waals surface area contributed by atoms with Gasteiger partial charge in [0, 0.05) is 44.0 Å². The average Bonchev–Trinajstić information content (AvgIpc) is 4.27. The minimum Gasteiger partial charge on any atom is -0.870 e. The molecule has 8 aromatic heterocycles. The molecule has 0 atom stereocenters. The number of nitrogens with zero attached hydrogens (tertiary/aromatic N) is 14. The second-order valence-electron chi connectivity index (χ2n) is 21.1. The Bertz CT molecular complexity index is 3140. The molecule has 0 aliphatic heterocycles. The van der Waals surface area contributed by atoms with E-state index in [-0.39, 0.29) is 54.4 Å². The Kier molecular flexibility index (Phi) is 33.9. The monoisotopic (exact) mass is 1220 g/mol. The Morgan fingerprint density at radius 2 is 0.951 bits per heavy atom. The SMILES string of the molecule is C.CCCCOC(=O)c1ncnc2c1ncn2COCC[Si](C)(C)C.CCCCOC(=O)c1ncnc2nc[nH]c12.C[Si](C)(C)CCOCCl.C[Si](C)(C)CCOCn1cnc2c(C(=O)O)ncnc21.Clc1ncnc2nc[nH]c12.[Li+].[OH-]. The number of alkyl halides is 1. The fourth-order valence-electron chi connectivity index (χ4n) is 6.18. The molecule has 0 unspecified atom stereocenters. The number of halogens is 2. The van der Waals surface area contributed by atoms with E-state index in [1.807, 2.05) is 13.8 Å². The summed E-state index contributed by atoms with van der Waals surface area (Å²) in [6, 6.07) is 3.73. The van der Waals surface area contributed by atoms with Crippen LogP contribution in [0.25, 0.3) is 44.7 Å². The van der Waals surface area contributed by atoms with E-state index >= 15 is 0 Å². The molecule has 0 aliphatic rings. The number of nitrogens with one attached hydrogen (secondary N) is 2. The van der Waals surface area contributed by atoms with Gasteiger partial charge in [-0.05, 0) is 31.0 Å². The number of unbranched alkanes of at least 4 members (excludes halogenated alkanes) is 2. The molecule has 32 heteroatoms. The predicted octanol–water partition coefficient (Wildman–Crippen LogP) is 7.25. The van der Waals surface area contributed by atoms with Gasteiger partial charge in [0.15, 0.2) is 44.8 Å². The molecule has 0 radical (unpaired) electrons. The third-order valence-electron chi connectivity index (χ3n) is 10.8. The number of esters is 2. The van der Waals surface area contributed by atoms with Crippen molar-refractivity contribution in [2.45, 2.75) is 137 Å². The van der Waals surface area contributed by atoms with Crippen molar-refractivity contribution in [3.63, 3.8) is 0 Å². The maximum absolute atomic E-state index is 12.1. The Hall–Kier alpha value is -5.72. The Labute approximate surface area is 503 Å². The number of rotatable bonds is 23. The van der Waals surface area contributed by atoms with Crippen LogP contribution >= 0.6 is 23.2 Å². The van der Waals surface area contributed by atoms with Gasteiger partial charge in [-0.1, -0.05) is 116 Å². The third kappa shape index (κ3) is 25.8. The van der Waals surface area contributed by atoms with E-state index in [2.05, 4.69) is 129 Å². The van der Waals surface area contributed by atoms with E-state index in [0.717, 1.165) is 44.4 Å². The van der Waals surface area contributed by atoms with Crippen molar-refractivity contribution in [1.82, 2.24) is 78.9 Å². The van der Waals surface area contributed by atoms with Crippen molar-refractivity contribution in [2.24, 2.45) is 0 Å². The number of aromatic nitrogens is 16. The molecule has 0 aliphatic carbocycles. The van der Waals surface area contributed by atoms with Crippen LogP contribution in [0.15, 0.2) is 50.6 Å². The standard InChI is InChI=1S/C16H26N4O3Si.C12H18N4O3Si.C10H12N4O2.C6H15ClOSi.C5H3ClN4.CH4.Li.H2O/c1-5-6-7-23-16(21)14-13-15(18-10-17-14)20(11-19-13)12-22-8-9-24(2,3)4;1-20(2,3)5-4-19-8-16-7-15-9-10(12(17)18)13-6-14-11(9)16;1-2-3-4-16-10(15)8-7-9(13-5-11-7)14-6-12-8;1-9(2,3)5-4-8-6-7;6-4-3-5(9-1-7-3)10-2-8-4;;;/h10-11H,5-9,12H2,1-4H3;6-7H,4-5,8H2,1-3H3,(H,17,18);5-6H,2-4H2,1H3,(H,11,12,13,14);4-6H2,1-3H3;1-2H,(H,7,8,9,10);1H4;;1H2/q;;;;;;+1;/p-1. The van der Waals surface area contributed by atoms with Crippen LogP contribution in [0.4, 0.5) is 0 Å². The van der Waals surface area contributed by atoms with Gasteiger partial charge >= 0.3 is 36.8 Å². The molecule has 26 nitrogen and oxygen atoms in total. The number of ether oxygens (including phenoxy) is 5. The quantitative estimate of drug-likeness (QED) is 0.0186. The molecule has 82 heavy (non-hydrogen) atoms. The molecular formula is C50H79Cl2LiN16O10Si3. The van der Waals surface area contributed by atoms with Gasteiger partial charge in [0.1, 0.15) is 66.9 Å². The van der Waals surface area contributed by atoms with E-state index in [4.69, 9.17) is 52.0 Å². The number of imidazole rings is 4. The summed E-state index contributed by atoms with van der Waals surface area (Å²) in [5.74, 6) is -2.01. The Morgan fingerprint density at radius 1 is 0.549 bits per heavy atom. The minimum absolute atomic E-state index is 0. The van der Waals surface area contributed by atoms with Crippen molar-refractivity contribution >= 4 is 110 Å². The summed E-state index contributed by atoms with van der Waals surface area (Å²) in [6.07, 6.45) is 15.1. The van der Waals surface area contributed by atoms with Gasteiger partial charge in [-0.15, -0.1) is 0 Å². The number of fused-ring (bicyclic) bond motifs is 4. The Morgan fingerprint density at radius 3 is 1.40 bits per heavy atom. The van der Waals surface area contributed by atoms with E-state index < -0.39 is 42.1 Å². The van der Waals surface area contributed by atoms with E-state index in [1.54, 1.807) is 15.5 Å². The minimum atomic E-state index is -1.11. The van der Waals surface area contributed by atoms with Crippen LogP contribution in [0.3, 0.4) is 0 Å². The second-order valence-corrected chi connectivity index (χ2v) is 38.6. The van der Waals surface area contributed by atoms with E-state index in [0.29, 0.717) is 90.2 Å². The molecule has 0 saturated carbocycles. The number of carbonyl (C=O) groups is 3. The first-order chi connectivity index (χ1) is 37.6. The zero-order valence-electron chi connectivity index (χ0n) is 48.4. The summed E-state index contributed by atoms with van der Waals surface area (Å²) in [6.45, 7) is 28.6. The maximum Gasteiger partial charge on any atom is 1.00 e. The first kappa shape index (κ1) is 74.3. The molecule has 0 fully saturated rings. The van der Waals surface area contributed by atoms with Crippen molar-refractivity contribution in [2.75, 3.05) is 39.1 Å². The topological polar surface area (TPSA) is 344 Å². The van der Waals surface area contributed by atoms with Crippen LogP contribution < -0.4 is 18.9 Å². The number of hydrogen-bond donors (Lipinski definition) is 3. The van der Waals surface area contributed by atoms with E-state index in [9.17, 15) is 14.4 Å². The second kappa shape index (κ2) is 37.5. The van der Waals surface area contributed by atoms with Gasteiger partial charge in [0.2, 0.25) is 0 Å². The molecule has 4 N–H and O–H groups in total. The van der Waals surface area contributed by atoms with Crippen molar-refractivity contribution in [3.8, 4) is 0 Å². The largest absolute Gasteiger partial charge is 1.00 e. The number of carboxylic acids is 1. The predicted molar refractivity (Wildman–Crippen MR) is 318 cm³/mol. The van der Waals surface area contributed by atoms with Gasteiger partial charge in [-0.25, -0.2) is 74.2 Å². The molecule has 8 rings (SSSR count). The number of carbonyl (C=O) groups excluding carboxylic acids is 2. The fourth-order valence-corrected chi connectivity index (χ4v) is 8.74. The van der Waals surface area contributed by atoms with Crippen LogP contribution in [-0.2, 0) is 37.1 Å². The van der Waals surface area contributed by atoms with Crippen molar-refractivity contribution < 1.29 is 67.5 Å². The molecule has 446 valence electrons. The van der Waals surface area contributed by atoms with Gasteiger partial charge in [-0.3, -0.25) is 9.13 Å². The summed E-state index contributed by atoms with van der Waals surface area (Å²) >= 11 is 11.0. The summed E-state index contributed by atoms with van der Waals surface area (Å²) in [4.78, 5) is 88.1. The summed E-state index contributed by atoms with van der Waals surface area (Å²) in [7, 11) is -3.10. The zero-order valence-corrected chi connectivity index (χ0v) is 52.9. The van der Waals surface area contributed by atoms with Crippen molar-refractivity contribution in [1.29, 1.82) is 0 Å². The number of aromatic carboxylic acids is 1. The molecule has 8 heterocycles. The van der Waals surface area contributed by atoms with Gasteiger partial charge in [0.05, 0.1) is 38.5 Å². The van der Waals surface area contributed by atoms with Gasteiger partial charge in [-0.2, -0.15) is 0 Å². The number of carboxylic acid groups (broad SMARTS) is 1.